The van der Waals surface area contributed by atoms with E-state index in [-0.39, 0.29) is 24.7 Å². The van der Waals surface area contributed by atoms with Gasteiger partial charge in [0, 0.05) is 45.6 Å². The van der Waals surface area contributed by atoms with Crippen molar-refractivity contribution in [2.75, 3.05) is 37.6 Å². The Balaban J connectivity index is 1.75. The number of pyridine rings is 1. The highest BCUT2D eigenvalue weighted by Gasteiger charge is 2.22. The molecule has 0 radical (unpaired) electrons. The van der Waals surface area contributed by atoms with Gasteiger partial charge in [-0.25, -0.2) is 4.98 Å². The van der Waals surface area contributed by atoms with Gasteiger partial charge in [0.05, 0.1) is 0 Å². The molecule has 0 unspecified atom stereocenters. The Labute approximate surface area is 141 Å². The lowest BCUT2D eigenvalue weighted by atomic mass is 10.2. The van der Waals surface area contributed by atoms with Crippen LogP contribution < -0.4 is 10.2 Å². The maximum absolute atomic E-state index is 12.2. The molecule has 1 N–H and O–H groups in total. The first-order valence-corrected chi connectivity index (χ1v) is 8.40. The number of aromatic nitrogens is 1. The fourth-order valence-corrected chi connectivity index (χ4v) is 2.65. The van der Waals surface area contributed by atoms with Gasteiger partial charge in [-0.15, -0.1) is 0 Å². The Bertz CT molecular complexity index is 545. The minimum atomic E-state index is -0.0537. The first-order valence-electron chi connectivity index (χ1n) is 8.02. The third-order valence-corrected chi connectivity index (χ3v) is 4.01. The molecule has 0 saturated carbocycles. The molecule has 0 aromatic carbocycles. The van der Waals surface area contributed by atoms with Gasteiger partial charge < -0.3 is 15.1 Å². The first-order chi connectivity index (χ1) is 11.1. The van der Waals surface area contributed by atoms with Crippen LogP contribution >= 0.6 is 11.6 Å². The number of rotatable bonds is 6. The molecule has 1 fully saturated rings. The maximum atomic E-state index is 12.2. The van der Waals surface area contributed by atoms with Crippen molar-refractivity contribution in [3.05, 3.63) is 23.4 Å². The molecular formula is C16H23ClN4O2. The summed E-state index contributed by atoms with van der Waals surface area (Å²) in [6, 6.07) is 5.53. The van der Waals surface area contributed by atoms with Crippen molar-refractivity contribution in [1.82, 2.24) is 15.2 Å². The zero-order valence-electron chi connectivity index (χ0n) is 13.4. The van der Waals surface area contributed by atoms with E-state index in [2.05, 4.69) is 15.2 Å². The highest BCUT2D eigenvalue weighted by Crippen LogP contribution is 2.16. The molecule has 2 amide bonds. The topological polar surface area (TPSA) is 65.5 Å². The standard InChI is InChI=1S/C16H23ClN4O2/c1-2-8-18-15(22)6-7-16(23)21-11-9-20(10-12-21)14-5-3-4-13(17)19-14/h3-5H,2,6-12H2,1H3,(H,18,22). The molecule has 0 atom stereocenters. The van der Waals surface area contributed by atoms with Crippen molar-refractivity contribution in [2.45, 2.75) is 26.2 Å². The van der Waals surface area contributed by atoms with E-state index in [4.69, 9.17) is 11.6 Å². The lowest BCUT2D eigenvalue weighted by Gasteiger charge is -2.35. The van der Waals surface area contributed by atoms with E-state index in [1.54, 1.807) is 6.07 Å². The predicted molar refractivity (Wildman–Crippen MR) is 90.6 cm³/mol. The van der Waals surface area contributed by atoms with Gasteiger partial charge in [0.2, 0.25) is 11.8 Å². The molecule has 1 aliphatic rings. The van der Waals surface area contributed by atoms with Crippen LogP contribution in [-0.2, 0) is 9.59 Å². The van der Waals surface area contributed by atoms with Crippen molar-refractivity contribution in [2.24, 2.45) is 0 Å². The number of nitrogens with one attached hydrogen (secondary N) is 1. The molecule has 7 heteroatoms. The number of carbonyl (C=O) groups excluding carboxylic acids is 2. The van der Waals surface area contributed by atoms with Crippen LogP contribution in [0.4, 0.5) is 5.82 Å². The molecule has 1 aromatic heterocycles. The fraction of sp³-hybridized carbons (Fsp3) is 0.562. The molecule has 0 bridgehead atoms. The Morgan fingerprint density at radius 3 is 2.61 bits per heavy atom. The number of halogens is 1. The molecule has 126 valence electrons. The number of anilines is 1. The third-order valence-electron chi connectivity index (χ3n) is 3.79. The van der Waals surface area contributed by atoms with Crippen LogP contribution in [0, 0.1) is 0 Å². The van der Waals surface area contributed by atoms with Crippen molar-refractivity contribution in [1.29, 1.82) is 0 Å². The normalized spacial score (nSPS) is 14.7. The SMILES string of the molecule is CCCNC(=O)CCC(=O)N1CCN(c2cccc(Cl)n2)CC1. The van der Waals surface area contributed by atoms with Gasteiger partial charge >= 0.3 is 0 Å². The van der Waals surface area contributed by atoms with Crippen LogP contribution in [-0.4, -0.2) is 54.4 Å². The van der Waals surface area contributed by atoms with Gasteiger partial charge in [-0.05, 0) is 18.6 Å². The fourth-order valence-electron chi connectivity index (χ4n) is 2.49. The van der Waals surface area contributed by atoms with Gasteiger partial charge in [-0.2, -0.15) is 0 Å². The van der Waals surface area contributed by atoms with Crippen molar-refractivity contribution < 1.29 is 9.59 Å². The number of hydrogen-bond donors (Lipinski definition) is 1. The molecule has 1 aliphatic heterocycles. The molecule has 1 aromatic rings. The van der Waals surface area contributed by atoms with Crippen LogP contribution in [0.2, 0.25) is 5.15 Å². The van der Waals surface area contributed by atoms with E-state index in [1.165, 1.54) is 0 Å². The van der Waals surface area contributed by atoms with Crippen molar-refractivity contribution in [3.63, 3.8) is 0 Å². The molecule has 23 heavy (non-hydrogen) atoms. The second kappa shape index (κ2) is 8.72. The van der Waals surface area contributed by atoms with Gasteiger partial charge in [0.1, 0.15) is 11.0 Å². The van der Waals surface area contributed by atoms with Gasteiger partial charge in [-0.1, -0.05) is 24.6 Å². The molecule has 0 aliphatic carbocycles. The Morgan fingerprint density at radius 1 is 1.22 bits per heavy atom. The summed E-state index contributed by atoms with van der Waals surface area (Å²) in [6.45, 7) is 5.40. The largest absolute Gasteiger partial charge is 0.356 e. The van der Waals surface area contributed by atoms with E-state index < -0.39 is 0 Å². The molecule has 2 heterocycles. The van der Waals surface area contributed by atoms with Crippen LogP contribution in [0.25, 0.3) is 0 Å². The summed E-state index contributed by atoms with van der Waals surface area (Å²) >= 11 is 5.91. The molecule has 6 nitrogen and oxygen atoms in total. The van der Waals surface area contributed by atoms with Crippen LogP contribution in [0.3, 0.4) is 0 Å². The summed E-state index contributed by atoms with van der Waals surface area (Å²) < 4.78 is 0. The van der Waals surface area contributed by atoms with E-state index >= 15 is 0 Å². The van der Waals surface area contributed by atoms with Crippen LogP contribution in [0.1, 0.15) is 26.2 Å². The zero-order chi connectivity index (χ0) is 16.7. The van der Waals surface area contributed by atoms with Gasteiger partial charge in [0.15, 0.2) is 0 Å². The van der Waals surface area contributed by atoms with Gasteiger partial charge in [0.25, 0.3) is 0 Å². The number of hydrogen-bond acceptors (Lipinski definition) is 4. The average Bonchev–Trinajstić information content (AvgIpc) is 2.58. The van der Waals surface area contributed by atoms with E-state index in [0.29, 0.717) is 24.8 Å². The van der Waals surface area contributed by atoms with E-state index in [0.717, 1.165) is 25.3 Å². The van der Waals surface area contributed by atoms with Crippen LogP contribution in [0.15, 0.2) is 18.2 Å². The lowest BCUT2D eigenvalue weighted by Crippen LogP contribution is -2.49. The average molecular weight is 339 g/mol. The zero-order valence-corrected chi connectivity index (χ0v) is 14.2. The Morgan fingerprint density at radius 2 is 1.96 bits per heavy atom. The smallest absolute Gasteiger partial charge is 0.223 e. The molecule has 1 saturated heterocycles. The highest BCUT2D eigenvalue weighted by atomic mass is 35.5. The molecule has 2 rings (SSSR count). The van der Waals surface area contributed by atoms with E-state index in [9.17, 15) is 9.59 Å². The summed E-state index contributed by atoms with van der Waals surface area (Å²) in [5, 5.41) is 3.26. The lowest BCUT2D eigenvalue weighted by molar-refractivity contribution is -0.133. The van der Waals surface area contributed by atoms with E-state index in [1.807, 2.05) is 24.0 Å². The molecular weight excluding hydrogens is 316 g/mol. The summed E-state index contributed by atoms with van der Waals surface area (Å²) in [7, 11) is 0. The number of nitrogens with zero attached hydrogens (tertiary/aromatic N) is 3. The highest BCUT2D eigenvalue weighted by molar-refractivity contribution is 6.29. The monoisotopic (exact) mass is 338 g/mol. The van der Waals surface area contributed by atoms with Gasteiger partial charge in [-0.3, -0.25) is 9.59 Å². The molecule has 0 spiro atoms. The number of amides is 2. The Hall–Kier alpha value is -1.82. The summed E-state index contributed by atoms with van der Waals surface area (Å²) in [6.07, 6.45) is 1.43. The Kier molecular flexibility index (Phi) is 6.65. The quantitative estimate of drug-likeness (QED) is 0.802. The summed E-state index contributed by atoms with van der Waals surface area (Å²) in [5.74, 6) is 0.820. The number of piperazine rings is 1. The maximum Gasteiger partial charge on any atom is 0.223 e. The van der Waals surface area contributed by atoms with Crippen molar-refractivity contribution in [3.8, 4) is 0 Å². The second-order valence-electron chi connectivity index (χ2n) is 5.54. The summed E-state index contributed by atoms with van der Waals surface area (Å²) in [5.41, 5.74) is 0. The minimum absolute atomic E-state index is 0.0374. The van der Waals surface area contributed by atoms with Crippen LogP contribution in [0.5, 0.6) is 0 Å². The second-order valence-corrected chi connectivity index (χ2v) is 5.92. The third kappa shape index (κ3) is 5.39. The predicted octanol–water partition coefficient (Wildman–Crippen LogP) is 1.69. The first kappa shape index (κ1) is 17.5. The number of carbonyl (C=O) groups is 2. The summed E-state index contributed by atoms with van der Waals surface area (Å²) in [4.78, 5) is 31.9. The van der Waals surface area contributed by atoms with Crippen molar-refractivity contribution >= 4 is 29.2 Å². The minimum Gasteiger partial charge on any atom is -0.356 e.